The number of carbonyl (C=O) groups is 2. The van der Waals surface area contributed by atoms with Gasteiger partial charge in [0, 0.05) is 29.4 Å². The Balaban J connectivity index is 1.72. The van der Waals surface area contributed by atoms with E-state index >= 15 is 0 Å². The molecule has 2 amide bonds. The third kappa shape index (κ3) is 3.41. The molecule has 152 valence electrons. The second-order valence-electron chi connectivity index (χ2n) is 7.09. The predicted molar refractivity (Wildman–Crippen MR) is 105 cm³/mol. The number of nitrogens with two attached hydrogens (primary N) is 1. The van der Waals surface area contributed by atoms with Crippen molar-refractivity contribution in [2.45, 2.75) is 12.7 Å². The summed E-state index contributed by atoms with van der Waals surface area (Å²) in [5.74, 6) is -0.892. The van der Waals surface area contributed by atoms with Crippen LogP contribution in [0.3, 0.4) is 0 Å². The zero-order valence-electron chi connectivity index (χ0n) is 15.7. The number of fused-ring (bicyclic) bond motifs is 3. The minimum Gasteiger partial charge on any atom is -0.366 e. The van der Waals surface area contributed by atoms with Crippen molar-refractivity contribution in [1.82, 2.24) is 9.88 Å². The van der Waals surface area contributed by atoms with Gasteiger partial charge in [0.2, 0.25) is 5.91 Å². The van der Waals surface area contributed by atoms with E-state index in [-0.39, 0.29) is 24.6 Å². The number of pyridine rings is 1. The van der Waals surface area contributed by atoms with Crippen molar-refractivity contribution in [1.29, 1.82) is 0 Å². The van der Waals surface area contributed by atoms with Crippen molar-refractivity contribution in [3.8, 4) is 11.1 Å². The van der Waals surface area contributed by atoms with Crippen LogP contribution in [-0.4, -0.2) is 28.2 Å². The van der Waals surface area contributed by atoms with Gasteiger partial charge in [-0.15, -0.1) is 0 Å². The summed E-state index contributed by atoms with van der Waals surface area (Å²) in [6.45, 7) is 3.92. The summed E-state index contributed by atoms with van der Waals surface area (Å²) >= 11 is 0. The molecule has 2 aromatic carbocycles. The number of benzene rings is 2. The Labute approximate surface area is 169 Å². The van der Waals surface area contributed by atoms with Crippen molar-refractivity contribution >= 4 is 22.6 Å². The van der Waals surface area contributed by atoms with Gasteiger partial charge >= 0.3 is 6.18 Å². The lowest BCUT2D eigenvalue weighted by molar-refractivity contribution is -0.141. The van der Waals surface area contributed by atoms with E-state index in [0.29, 0.717) is 16.7 Å². The zero-order valence-corrected chi connectivity index (χ0v) is 15.7. The predicted octanol–water partition coefficient (Wildman–Crippen LogP) is 3.92. The summed E-state index contributed by atoms with van der Waals surface area (Å²) < 4.78 is 38.3. The number of amides is 2. The summed E-state index contributed by atoms with van der Waals surface area (Å²) in [4.78, 5) is 29.0. The van der Waals surface area contributed by atoms with Crippen LogP contribution in [0.5, 0.6) is 0 Å². The number of primary amides is 1. The van der Waals surface area contributed by atoms with E-state index in [9.17, 15) is 22.8 Å². The Kier molecular flexibility index (Phi) is 4.57. The lowest BCUT2D eigenvalue weighted by atomic mass is 9.97. The first-order valence-electron chi connectivity index (χ1n) is 9.01. The van der Waals surface area contributed by atoms with Gasteiger partial charge in [-0.1, -0.05) is 30.8 Å². The number of aromatic nitrogens is 1. The smallest absolute Gasteiger partial charge is 0.366 e. The van der Waals surface area contributed by atoms with Gasteiger partial charge in [-0.3, -0.25) is 14.6 Å². The molecule has 5 nitrogen and oxygen atoms in total. The van der Waals surface area contributed by atoms with E-state index < -0.39 is 17.8 Å². The molecule has 0 saturated heterocycles. The maximum absolute atomic E-state index is 12.8. The monoisotopic (exact) mass is 411 g/mol. The van der Waals surface area contributed by atoms with Gasteiger partial charge in [0.1, 0.15) is 5.69 Å². The quantitative estimate of drug-likeness (QED) is 0.662. The molecule has 0 spiro atoms. The number of carbonyl (C=O) groups excluding carboxylic acids is 2. The molecule has 1 aliphatic rings. The van der Waals surface area contributed by atoms with E-state index in [1.807, 2.05) is 18.2 Å². The molecule has 30 heavy (non-hydrogen) atoms. The fourth-order valence-corrected chi connectivity index (χ4v) is 3.53. The second kappa shape index (κ2) is 6.98. The highest BCUT2D eigenvalue weighted by molar-refractivity contribution is 6.05. The minimum absolute atomic E-state index is 0.0346. The van der Waals surface area contributed by atoms with Crippen molar-refractivity contribution in [2.24, 2.45) is 5.73 Å². The summed E-state index contributed by atoms with van der Waals surface area (Å²) in [5.41, 5.74) is 6.93. The topological polar surface area (TPSA) is 76.3 Å². The first kappa shape index (κ1) is 19.6. The fourth-order valence-electron chi connectivity index (χ4n) is 3.53. The van der Waals surface area contributed by atoms with Gasteiger partial charge in [-0.05, 0) is 40.1 Å². The van der Waals surface area contributed by atoms with Crippen molar-refractivity contribution in [2.75, 3.05) is 6.54 Å². The van der Waals surface area contributed by atoms with Crippen LogP contribution in [-0.2, 0) is 17.5 Å². The van der Waals surface area contributed by atoms with E-state index in [1.54, 1.807) is 12.1 Å². The van der Waals surface area contributed by atoms with Crippen LogP contribution in [0.15, 0.2) is 60.8 Å². The molecule has 2 N–H and O–H groups in total. The van der Waals surface area contributed by atoms with Crippen molar-refractivity contribution < 1.29 is 22.8 Å². The average molecular weight is 411 g/mol. The molecule has 0 aliphatic carbocycles. The maximum atomic E-state index is 12.8. The molecule has 3 aromatic rings. The molecule has 0 saturated carbocycles. The molecule has 2 heterocycles. The summed E-state index contributed by atoms with van der Waals surface area (Å²) in [6, 6.07) is 11.3. The van der Waals surface area contributed by atoms with E-state index in [1.165, 1.54) is 17.2 Å². The molecule has 8 heteroatoms. The Morgan fingerprint density at radius 2 is 1.83 bits per heavy atom. The Hall–Kier alpha value is -3.68. The van der Waals surface area contributed by atoms with Crippen LogP contribution in [0.4, 0.5) is 13.2 Å². The highest BCUT2D eigenvalue weighted by atomic mass is 19.4. The average Bonchev–Trinajstić information content (AvgIpc) is 3.03. The van der Waals surface area contributed by atoms with E-state index in [0.717, 1.165) is 22.4 Å². The highest BCUT2D eigenvalue weighted by Gasteiger charge is 2.32. The lowest BCUT2D eigenvalue weighted by Crippen LogP contribution is -2.30. The van der Waals surface area contributed by atoms with Gasteiger partial charge in [0.15, 0.2) is 0 Å². The Morgan fingerprint density at radius 3 is 2.47 bits per heavy atom. The molecule has 0 unspecified atom stereocenters. The van der Waals surface area contributed by atoms with Crippen LogP contribution in [0, 0.1) is 0 Å². The molecular weight excluding hydrogens is 395 g/mol. The molecule has 0 fully saturated rings. The molecule has 1 aliphatic heterocycles. The normalized spacial score (nSPS) is 13.6. The molecule has 1 aromatic heterocycles. The third-order valence-electron chi connectivity index (χ3n) is 5.12. The molecule has 4 rings (SSSR count). The van der Waals surface area contributed by atoms with Gasteiger partial charge in [-0.2, -0.15) is 13.2 Å². The van der Waals surface area contributed by atoms with Crippen LogP contribution >= 0.6 is 0 Å². The van der Waals surface area contributed by atoms with Crippen molar-refractivity contribution in [3.63, 3.8) is 0 Å². The summed E-state index contributed by atoms with van der Waals surface area (Å²) in [6.07, 6.45) is -3.32. The van der Waals surface area contributed by atoms with Crippen molar-refractivity contribution in [3.05, 3.63) is 77.6 Å². The Morgan fingerprint density at radius 1 is 1.13 bits per heavy atom. The number of hydrogen-bond donors (Lipinski definition) is 1. The molecule has 0 bridgehead atoms. The van der Waals surface area contributed by atoms with Gasteiger partial charge < -0.3 is 10.6 Å². The second-order valence-corrected chi connectivity index (χ2v) is 7.09. The molecule has 0 atom stereocenters. The van der Waals surface area contributed by atoms with Crippen LogP contribution in [0.2, 0.25) is 0 Å². The van der Waals surface area contributed by atoms with Gasteiger partial charge in [0.05, 0.1) is 6.54 Å². The highest BCUT2D eigenvalue weighted by Crippen LogP contribution is 2.34. The van der Waals surface area contributed by atoms with Gasteiger partial charge in [0.25, 0.3) is 5.91 Å². The van der Waals surface area contributed by atoms with Crippen LogP contribution < -0.4 is 5.73 Å². The van der Waals surface area contributed by atoms with Crippen LogP contribution in [0.25, 0.3) is 21.9 Å². The first-order chi connectivity index (χ1) is 14.1. The number of nitrogens with zero attached hydrogens (tertiary/aromatic N) is 2. The Bertz CT molecular complexity index is 1200. The number of halogens is 3. The standard InChI is InChI=1S/C22H16F3N3O2/c1-12(20(26)29)10-28-11-18-16(21(28)30)6-4-13-2-3-14(8-17(13)18)15-5-7-19(27-9-15)22(23,24)25/h2-9H,1,10-11H2,(H2,26,29). The fraction of sp³-hybridized carbons (Fsp3) is 0.136. The summed E-state index contributed by atoms with van der Waals surface area (Å²) in [5, 5.41) is 1.70. The zero-order chi connectivity index (χ0) is 21.6. The number of hydrogen-bond acceptors (Lipinski definition) is 3. The van der Waals surface area contributed by atoms with Crippen LogP contribution in [0.1, 0.15) is 21.6 Å². The first-order valence-corrected chi connectivity index (χ1v) is 9.01. The minimum atomic E-state index is -4.50. The molecule has 0 radical (unpaired) electrons. The largest absolute Gasteiger partial charge is 0.433 e. The van der Waals surface area contributed by atoms with E-state index in [2.05, 4.69) is 11.6 Å². The maximum Gasteiger partial charge on any atom is 0.433 e. The van der Waals surface area contributed by atoms with E-state index in [4.69, 9.17) is 5.73 Å². The SMILES string of the molecule is C=C(CN1Cc2c(ccc3ccc(-c4ccc(C(F)(F)F)nc4)cc23)C1=O)C(N)=O. The number of rotatable bonds is 4. The third-order valence-corrected chi connectivity index (χ3v) is 5.12. The summed E-state index contributed by atoms with van der Waals surface area (Å²) in [7, 11) is 0. The van der Waals surface area contributed by atoms with Gasteiger partial charge in [-0.25, -0.2) is 0 Å². The molecular formula is C22H16F3N3O2. The number of alkyl halides is 3. The lowest BCUT2D eigenvalue weighted by Gasteiger charge is -2.15.